The van der Waals surface area contributed by atoms with E-state index in [0.29, 0.717) is 34.6 Å². The summed E-state index contributed by atoms with van der Waals surface area (Å²) in [5.74, 6) is 1.06. The van der Waals surface area contributed by atoms with Gasteiger partial charge in [0.2, 0.25) is 5.89 Å². The molecule has 0 bridgehead atoms. The van der Waals surface area contributed by atoms with Crippen LogP contribution in [0.4, 0.5) is 6.01 Å². The molecule has 0 aliphatic rings. The summed E-state index contributed by atoms with van der Waals surface area (Å²) in [5.41, 5.74) is 1.44. The van der Waals surface area contributed by atoms with Crippen LogP contribution < -0.4 is 14.8 Å². The van der Waals surface area contributed by atoms with Crippen LogP contribution in [0.1, 0.15) is 35.7 Å². The fourth-order valence-electron chi connectivity index (χ4n) is 2.65. The highest BCUT2D eigenvalue weighted by Crippen LogP contribution is 2.28. The Morgan fingerprint density at radius 3 is 2.45 bits per heavy atom. The monoisotopic (exact) mass is 413 g/mol. The molecule has 2 aromatic carbocycles. The number of anilines is 1. The van der Waals surface area contributed by atoms with Gasteiger partial charge >= 0.3 is 6.01 Å². The lowest BCUT2D eigenvalue weighted by atomic mass is 10.1. The predicted molar refractivity (Wildman–Crippen MR) is 112 cm³/mol. The van der Waals surface area contributed by atoms with Crippen molar-refractivity contribution < 1.29 is 18.7 Å². The van der Waals surface area contributed by atoms with Crippen molar-refractivity contribution >= 4 is 23.7 Å². The van der Waals surface area contributed by atoms with E-state index in [-0.39, 0.29) is 11.9 Å². The first-order valence-corrected chi connectivity index (χ1v) is 9.98. The molecule has 0 aliphatic heterocycles. The average Bonchev–Trinajstić information content (AvgIpc) is 3.15. The number of thioether (sulfide) groups is 1. The Morgan fingerprint density at radius 1 is 1.07 bits per heavy atom. The number of hydrogen-bond donors (Lipinski definition) is 1. The van der Waals surface area contributed by atoms with E-state index in [9.17, 15) is 4.79 Å². The van der Waals surface area contributed by atoms with E-state index in [1.165, 1.54) is 19.1 Å². The molecule has 0 radical (unpaired) electrons. The van der Waals surface area contributed by atoms with Crippen molar-refractivity contribution in [3.05, 3.63) is 59.5 Å². The number of nitrogens with one attached hydrogen (secondary N) is 1. The molecule has 152 valence electrons. The molecule has 0 fully saturated rings. The van der Waals surface area contributed by atoms with Crippen molar-refractivity contribution in [3.63, 3.8) is 0 Å². The lowest BCUT2D eigenvalue weighted by Gasteiger charge is -2.08. The fourth-order valence-corrected chi connectivity index (χ4v) is 3.49. The number of hydrogen-bond acceptors (Lipinski definition) is 7. The van der Waals surface area contributed by atoms with Crippen LogP contribution in [-0.2, 0) is 6.42 Å². The van der Waals surface area contributed by atoms with Crippen molar-refractivity contribution in [2.45, 2.75) is 30.4 Å². The lowest BCUT2D eigenvalue weighted by molar-refractivity contribution is 0.102. The molecular weight excluding hydrogens is 390 g/mol. The fraction of sp³-hybridized carbons (Fsp3) is 0.286. The van der Waals surface area contributed by atoms with E-state index < -0.39 is 0 Å². The van der Waals surface area contributed by atoms with Gasteiger partial charge in [0.1, 0.15) is 0 Å². The number of carbonyl (C=O) groups excluding carboxylic acids is 1. The summed E-state index contributed by atoms with van der Waals surface area (Å²) in [4.78, 5) is 13.7. The quantitative estimate of drug-likeness (QED) is 0.547. The molecule has 3 aromatic rings. The highest BCUT2D eigenvalue weighted by atomic mass is 32.2. The van der Waals surface area contributed by atoms with E-state index in [1.54, 1.807) is 18.2 Å². The van der Waals surface area contributed by atoms with Gasteiger partial charge in [0.15, 0.2) is 11.5 Å². The predicted octanol–water partition coefficient (Wildman–Crippen LogP) is 4.43. The molecule has 1 heterocycles. The normalized spacial score (nSPS) is 10.8. The first kappa shape index (κ1) is 20.7. The third kappa shape index (κ3) is 5.51. The minimum absolute atomic E-state index is 0.0479. The standard InChI is InChI=1S/C21H23N3O4S/c1-13(2)29-16-8-5-14(6-9-16)11-19-23-24-21(28-19)22-20(25)15-7-10-17(26-3)18(12-15)27-4/h5-10,12-13H,11H2,1-4H3,(H,22,24,25). The molecule has 7 nitrogen and oxygen atoms in total. The molecule has 0 saturated carbocycles. The van der Waals surface area contributed by atoms with Gasteiger partial charge in [-0.3, -0.25) is 10.1 Å². The minimum atomic E-state index is -0.379. The van der Waals surface area contributed by atoms with Crippen LogP contribution in [0.3, 0.4) is 0 Å². The highest BCUT2D eigenvalue weighted by molar-refractivity contribution is 7.99. The first-order valence-electron chi connectivity index (χ1n) is 9.10. The Kier molecular flexibility index (Phi) is 6.77. The van der Waals surface area contributed by atoms with E-state index in [2.05, 4.69) is 41.5 Å². The molecular formula is C21H23N3O4S. The summed E-state index contributed by atoms with van der Waals surface area (Å²) in [6.07, 6.45) is 0.492. The van der Waals surface area contributed by atoms with E-state index in [0.717, 1.165) is 5.56 Å². The number of rotatable bonds is 8. The number of amides is 1. The number of benzene rings is 2. The van der Waals surface area contributed by atoms with Crippen LogP contribution in [0.5, 0.6) is 11.5 Å². The minimum Gasteiger partial charge on any atom is -0.493 e. The van der Waals surface area contributed by atoms with Crippen molar-refractivity contribution in [1.29, 1.82) is 0 Å². The van der Waals surface area contributed by atoms with Crippen molar-refractivity contribution in [1.82, 2.24) is 10.2 Å². The molecule has 1 aromatic heterocycles. The molecule has 0 aliphatic carbocycles. The first-order chi connectivity index (χ1) is 14.0. The second kappa shape index (κ2) is 9.47. The lowest BCUT2D eigenvalue weighted by Crippen LogP contribution is -2.12. The molecule has 1 N–H and O–H groups in total. The van der Waals surface area contributed by atoms with E-state index in [4.69, 9.17) is 13.9 Å². The number of nitrogens with zero attached hydrogens (tertiary/aromatic N) is 2. The van der Waals surface area contributed by atoms with Crippen LogP contribution in [0.15, 0.2) is 51.8 Å². The van der Waals surface area contributed by atoms with Gasteiger partial charge in [-0.2, -0.15) is 0 Å². The smallest absolute Gasteiger partial charge is 0.322 e. The Morgan fingerprint density at radius 2 is 1.79 bits per heavy atom. The summed E-state index contributed by atoms with van der Waals surface area (Å²) in [6, 6.07) is 13.2. The van der Waals surface area contributed by atoms with Crippen LogP contribution in [0, 0.1) is 0 Å². The van der Waals surface area contributed by atoms with Gasteiger partial charge in [0.05, 0.1) is 20.6 Å². The van der Waals surface area contributed by atoms with Crippen LogP contribution in [0.2, 0.25) is 0 Å². The van der Waals surface area contributed by atoms with Gasteiger partial charge in [0.25, 0.3) is 5.91 Å². The Hall–Kier alpha value is -3.00. The van der Waals surface area contributed by atoms with Crippen molar-refractivity contribution in [3.8, 4) is 11.5 Å². The summed E-state index contributed by atoms with van der Waals surface area (Å²) in [6.45, 7) is 4.32. The SMILES string of the molecule is COc1ccc(C(=O)Nc2nnc(Cc3ccc(SC(C)C)cc3)o2)cc1OC. The van der Waals surface area contributed by atoms with Gasteiger partial charge in [-0.05, 0) is 35.9 Å². The number of ether oxygens (including phenoxy) is 2. The topological polar surface area (TPSA) is 86.5 Å². The average molecular weight is 413 g/mol. The largest absolute Gasteiger partial charge is 0.493 e. The van der Waals surface area contributed by atoms with Gasteiger partial charge < -0.3 is 13.9 Å². The van der Waals surface area contributed by atoms with Gasteiger partial charge in [-0.15, -0.1) is 16.9 Å². The van der Waals surface area contributed by atoms with E-state index >= 15 is 0 Å². The molecule has 1 amide bonds. The Balaban J connectivity index is 1.63. The second-order valence-corrected chi connectivity index (χ2v) is 8.16. The maximum absolute atomic E-state index is 12.4. The van der Waals surface area contributed by atoms with Gasteiger partial charge in [-0.1, -0.05) is 31.1 Å². The summed E-state index contributed by atoms with van der Waals surface area (Å²) < 4.78 is 16.0. The molecule has 8 heteroatoms. The maximum Gasteiger partial charge on any atom is 0.322 e. The zero-order chi connectivity index (χ0) is 20.8. The zero-order valence-electron chi connectivity index (χ0n) is 16.8. The maximum atomic E-state index is 12.4. The number of aromatic nitrogens is 2. The number of methoxy groups -OCH3 is 2. The zero-order valence-corrected chi connectivity index (χ0v) is 17.6. The van der Waals surface area contributed by atoms with Crippen LogP contribution >= 0.6 is 11.8 Å². The van der Waals surface area contributed by atoms with E-state index in [1.807, 2.05) is 23.9 Å². The second-order valence-electron chi connectivity index (χ2n) is 6.51. The Labute approximate surface area is 173 Å². The highest BCUT2D eigenvalue weighted by Gasteiger charge is 2.14. The summed E-state index contributed by atoms with van der Waals surface area (Å²) in [7, 11) is 3.05. The molecule has 29 heavy (non-hydrogen) atoms. The van der Waals surface area contributed by atoms with Gasteiger partial charge in [-0.25, -0.2) is 0 Å². The van der Waals surface area contributed by atoms with Gasteiger partial charge in [0, 0.05) is 15.7 Å². The summed E-state index contributed by atoms with van der Waals surface area (Å²) >= 11 is 1.81. The Bertz CT molecular complexity index is 970. The van der Waals surface area contributed by atoms with Crippen molar-refractivity contribution in [2.24, 2.45) is 0 Å². The molecule has 0 unspecified atom stereocenters. The third-order valence-electron chi connectivity index (χ3n) is 3.98. The third-order valence-corrected chi connectivity index (χ3v) is 5.00. The molecule has 0 spiro atoms. The molecule has 0 saturated heterocycles. The molecule has 3 rings (SSSR count). The summed E-state index contributed by atoms with van der Waals surface area (Å²) in [5, 5.41) is 11.1. The van der Waals surface area contributed by atoms with Crippen LogP contribution in [-0.4, -0.2) is 35.6 Å². The van der Waals surface area contributed by atoms with Crippen LogP contribution in [0.25, 0.3) is 0 Å². The molecule has 0 atom stereocenters. The number of carbonyl (C=O) groups is 1. The van der Waals surface area contributed by atoms with Crippen molar-refractivity contribution in [2.75, 3.05) is 19.5 Å².